The molecule has 2 heterocycles. The molecule has 1 aromatic carbocycles. The summed E-state index contributed by atoms with van der Waals surface area (Å²) >= 11 is 1.28. The first-order chi connectivity index (χ1) is 15.6. The molecule has 4 rings (SSSR count). The average Bonchev–Trinajstić information content (AvgIpc) is 3.47. The van der Waals surface area contributed by atoms with E-state index < -0.39 is 5.97 Å². The fraction of sp³-hybridized carbons (Fsp3) is 0.545. The molecule has 1 unspecified atom stereocenters. The Bertz CT molecular complexity index is 905. The molecule has 2 aliphatic rings. The summed E-state index contributed by atoms with van der Waals surface area (Å²) in [5, 5.41) is 21.0. The van der Waals surface area contributed by atoms with Crippen molar-refractivity contribution in [3.63, 3.8) is 0 Å². The van der Waals surface area contributed by atoms with E-state index in [2.05, 4.69) is 15.5 Å². The fourth-order valence-corrected chi connectivity index (χ4v) is 4.56. The molecule has 10 heteroatoms. The highest BCUT2D eigenvalue weighted by atomic mass is 32.1. The van der Waals surface area contributed by atoms with Gasteiger partial charge in [-0.2, -0.15) is 0 Å². The van der Waals surface area contributed by atoms with Crippen LogP contribution in [0.3, 0.4) is 0 Å². The Morgan fingerprint density at radius 2 is 1.91 bits per heavy atom. The number of ether oxygens (including phenoxy) is 3. The van der Waals surface area contributed by atoms with Crippen molar-refractivity contribution in [1.29, 1.82) is 0 Å². The predicted molar refractivity (Wildman–Crippen MR) is 117 cm³/mol. The molecule has 1 aliphatic heterocycles. The molecule has 1 aromatic heterocycles. The van der Waals surface area contributed by atoms with Crippen molar-refractivity contribution >= 4 is 28.3 Å². The van der Waals surface area contributed by atoms with Gasteiger partial charge in [0.1, 0.15) is 17.4 Å². The molecule has 2 N–H and O–H groups in total. The Morgan fingerprint density at radius 1 is 1.12 bits per heavy atom. The minimum atomic E-state index is -0.729. The van der Waals surface area contributed by atoms with Gasteiger partial charge < -0.3 is 19.3 Å². The Hall–Kier alpha value is -2.56. The molecule has 0 bridgehead atoms. The van der Waals surface area contributed by atoms with Crippen molar-refractivity contribution in [2.45, 2.75) is 57.3 Å². The SMILES string of the molecule is O=C(Nc1nnc(COCC2CCCO2)s1)c1ccc(OC2CCC(C(=O)O)CC2)cc1. The van der Waals surface area contributed by atoms with Crippen LogP contribution in [0.4, 0.5) is 5.13 Å². The Morgan fingerprint density at radius 3 is 2.59 bits per heavy atom. The third-order valence-corrected chi connectivity index (χ3v) is 6.50. The quantitative estimate of drug-likeness (QED) is 0.582. The number of aromatic nitrogens is 2. The number of aliphatic carboxylic acids is 1. The number of carbonyl (C=O) groups is 2. The second kappa shape index (κ2) is 10.8. The first-order valence-electron chi connectivity index (χ1n) is 10.9. The average molecular weight is 462 g/mol. The highest BCUT2D eigenvalue weighted by molar-refractivity contribution is 7.15. The van der Waals surface area contributed by atoms with Crippen LogP contribution in [0.5, 0.6) is 5.75 Å². The third kappa shape index (κ3) is 6.24. The lowest BCUT2D eigenvalue weighted by molar-refractivity contribution is -0.143. The van der Waals surface area contributed by atoms with Gasteiger partial charge in [0, 0.05) is 12.2 Å². The summed E-state index contributed by atoms with van der Waals surface area (Å²) in [4.78, 5) is 23.5. The topological polar surface area (TPSA) is 120 Å². The lowest BCUT2D eigenvalue weighted by atomic mass is 9.87. The number of carboxylic acids is 1. The normalized spacial score (nSPS) is 23.1. The second-order valence-corrected chi connectivity index (χ2v) is 9.12. The molecule has 9 nitrogen and oxygen atoms in total. The van der Waals surface area contributed by atoms with E-state index in [0.717, 1.165) is 32.3 Å². The first kappa shape index (κ1) is 22.6. The molecule has 0 radical (unpaired) electrons. The van der Waals surface area contributed by atoms with E-state index in [0.29, 0.717) is 47.5 Å². The smallest absolute Gasteiger partial charge is 0.306 e. The fourth-order valence-electron chi connectivity index (χ4n) is 3.89. The number of anilines is 1. The number of carbonyl (C=O) groups excluding carboxylic acids is 1. The monoisotopic (exact) mass is 461 g/mol. The predicted octanol–water partition coefficient (Wildman–Crippen LogP) is 3.51. The van der Waals surface area contributed by atoms with Gasteiger partial charge in [0.15, 0.2) is 0 Å². The molecule has 172 valence electrons. The van der Waals surface area contributed by atoms with Crippen LogP contribution >= 0.6 is 11.3 Å². The van der Waals surface area contributed by atoms with E-state index in [1.165, 1.54) is 11.3 Å². The van der Waals surface area contributed by atoms with Crippen molar-refractivity contribution in [2.75, 3.05) is 18.5 Å². The van der Waals surface area contributed by atoms with Crippen LogP contribution in [-0.4, -0.2) is 52.6 Å². The molecular formula is C22H27N3O6S. The van der Waals surface area contributed by atoms with Crippen molar-refractivity contribution < 1.29 is 28.9 Å². The highest BCUT2D eigenvalue weighted by Gasteiger charge is 2.27. The molecule has 1 saturated carbocycles. The number of nitrogens with one attached hydrogen (secondary N) is 1. The van der Waals surface area contributed by atoms with Crippen molar-refractivity contribution in [1.82, 2.24) is 10.2 Å². The maximum Gasteiger partial charge on any atom is 0.306 e. The molecule has 2 aromatic rings. The molecule has 1 atom stereocenters. The van der Waals surface area contributed by atoms with Gasteiger partial charge in [-0.3, -0.25) is 14.9 Å². The zero-order valence-corrected chi connectivity index (χ0v) is 18.5. The maximum atomic E-state index is 12.5. The van der Waals surface area contributed by atoms with Gasteiger partial charge in [0.2, 0.25) is 5.13 Å². The number of hydrogen-bond acceptors (Lipinski definition) is 8. The number of benzene rings is 1. The van der Waals surface area contributed by atoms with Gasteiger partial charge in [-0.25, -0.2) is 0 Å². The summed E-state index contributed by atoms with van der Waals surface area (Å²) in [6.07, 6.45) is 4.96. The summed E-state index contributed by atoms with van der Waals surface area (Å²) in [7, 11) is 0. The molecular weight excluding hydrogens is 434 g/mol. The van der Waals surface area contributed by atoms with Gasteiger partial charge in [-0.15, -0.1) is 10.2 Å². The van der Waals surface area contributed by atoms with Crippen LogP contribution < -0.4 is 10.1 Å². The van der Waals surface area contributed by atoms with E-state index in [1.807, 2.05) is 0 Å². The van der Waals surface area contributed by atoms with E-state index in [1.54, 1.807) is 24.3 Å². The summed E-state index contributed by atoms with van der Waals surface area (Å²) in [5.74, 6) is -0.606. The Balaban J connectivity index is 1.22. The van der Waals surface area contributed by atoms with Gasteiger partial charge in [-0.05, 0) is 62.8 Å². The van der Waals surface area contributed by atoms with Crippen LogP contribution in [0.25, 0.3) is 0 Å². The second-order valence-electron chi connectivity index (χ2n) is 8.06. The number of nitrogens with zero attached hydrogens (tertiary/aromatic N) is 2. The van der Waals surface area contributed by atoms with Crippen LogP contribution in [0.15, 0.2) is 24.3 Å². The van der Waals surface area contributed by atoms with Crippen LogP contribution in [0, 0.1) is 5.92 Å². The third-order valence-electron chi connectivity index (χ3n) is 5.68. The zero-order valence-electron chi connectivity index (χ0n) is 17.7. The summed E-state index contributed by atoms with van der Waals surface area (Å²) in [6.45, 7) is 1.68. The van der Waals surface area contributed by atoms with Gasteiger partial charge in [0.05, 0.1) is 24.7 Å². The lowest BCUT2D eigenvalue weighted by Crippen LogP contribution is -2.27. The minimum absolute atomic E-state index is 0.00698. The highest BCUT2D eigenvalue weighted by Crippen LogP contribution is 2.28. The molecule has 1 saturated heterocycles. The minimum Gasteiger partial charge on any atom is -0.490 e. The van der Waals surface area contributed by atoms with E-state index in [-0.39, 0.29) is 24.0 Å². The summed E-state index contributed by atoms with van der Waals surface area (Å²) < 4.78 is 17.1. The first-order valence-corrected chi connectivity index (χ1v) is 11.7. The number of hydrogen-bond donors (Lipinski definition) is 2. The number of rotatable bonds is 9. The Labute approximate surface area is 190 Å². The zero-order chi connectivity index (χ0) is 22.3. The number of amides is 1. The summed E-state index contributed by atoms with van der Waals surface area (Å²) in [5.41, 5.74) is 0.485. The van der Waals surface area contributed by atoms with E-state index >= 15 is 0 Å². The van der Waals surface area contributed by atoms with Gasteiger partial charge >= 0.3 is 5.97 Å². The summed E-state index contributed by atoms with van der Waals surface area (Å²) in [6, 6.07) is 6.89. The van der Waals surface area contributed by atoms with Crippen molar-refractivity contribution in [3.05, 3.63) is 34.8 Å². The van der Waals surface area contributed by atoms with Gasteiger partial charge in [0.25, 0.3) is 5.91 Å². The van der Waals surface area contributed by atoms with Crippen molar-refractivity contribution in [3.8, 4) is 5.75 Å². The van der Waals surface area contributed by atoms with E-state index in [9.17, 15) is 9.59 Å². The molecule has 2 fully saturated rings. The lowest BCUT2D eigenvalue weighted by Gasteiger charge is -2.26. The van der Waals surface area contributed by atoms with E-state index in [4.69, 9.17) is 19.3 Å². The Kier molecular flexibility index (Phi) is 7.67. The van der Waals surface area contributed by atoms with Crippen LogP contribution in [0.2, 0.25) is 0 Å². The van der Waals surface area contributed by atoms with Gasteiger partial charge in [-0.1, -0.05) is 11.3 Å². The number of carboxylic acid groups (broad SMARTS) is 1. The standard InChI is InChI=1S/C22H27N3O6S/c26-20(23-22-25-24-19(32-22)13-29-12-18-2-1-11-30-18)14-3-7-16(8-4-14)31-17-9-5-15(6-10-17)21(27)28/h3-4,7-8,15,17-18H,1-2,5-6,9-13H2,(H,27,28)(H,23,25,26). The largest absolute Gasteiger partial charge is 0.490 e. The maximum absolute atomic E-state index is 12.5. The molecule has 32 heavy (non-hydrogen) atoms. The van der Waals surface area contributed by atoms with Crippen LogP contribution in [-0.2, 0) is 20.9 Å². The molecule has 1 aliphatic carbocycles. The van der Waals surface area contributed by atoms with Crippen molar-refractivity contribution in [2.24, 2.45) is 5.92 Å². The van der Waals surface area contributed by atoms with Crippen LogP contribution in [0.1, 0.15) is 53.9 Å². The molecule has 0 spiro atoms. The molecule has 1 amide bonds.